The summed E-state index contributed by atoms with van der Waals surface area (Å²) >= 11 is 0. The standard InChI is InChI=1S/C20H18FN5O2/c1-25-19(10-18(24-25)14-2-4-17(21)5-3-14)20(27)22-7-8-26-12-16(11-23-26)15-6-9-28-13-15/h2-6,9-13H,7-8H2,1H3,(H,22,27). The molecule has 0 aliphatic carbocycles. The Labute approximate surface area is 160 Å². The fourth-order valence-corrected chi connectivity index (χ4v) is 2.88. The van der Waals surface area contributed by atoms with Gasteiger partial charge in [-0.3, -0.25) is 14.2 Å². The summed E-state index contributed by atoms with van der Waals surface area (Å²) in [5.74, 6) is -0.544. The molecule has 8 heteroatoms. The lowest BCUT2D eigenvalue weighted by atomic mass is 10.1. The molecule has 0 saturated carbocycles. The van der Waals surface area contributed by atoms with Crippen molar-refractivity contribution in [3.8, 4) is 22.4 Å². The largest absolute Gasteiger partial charge is 0.472 e. The van der Waals surface area contributed by atoms with E-state index in [1.165, 1.54) is 16.8 Å². The highest BCUT2D eigenvalue weighted by Gasteiger charge is 2.14. The number of nitrogens with one attached hydrogen (secondary N) is 1. The predicted octanol–water partition coefficient (Wildman–Crippen LogP) is 3.11. The van der Waals surface area contributed by atoms with Crippen LogP contribution in [0.25, 0.3) is 22.4 Å². The van der Waals surface area contributed by atoms with Gasteiger partial charge >= 0.3 is 0 Å². The lowest BCUT2D eigenvalue weighted by molar-refractivity contribution is 0.0942. The van der Waals surface area contributed by atoms with Crippen LogP contribution in [-0.2, 0) is 13.6 Å². The Morgan fingerprint density at radius 2 is 2.00 bits per heavy atom. The number of aromatic nitrogens is 4. The third-order valence-corrected chi connectivity index (χ3v) is 4.37. The van der Waals surface area contributed by atoms with Gasteiger partial charge in [0.15, 0.2) is 0 Å². The van der Waals surface area contributed by atoms with Crippen molar-refractivity contribution in [1.29, 1.82) is 0 Å². The minimum atomic E-state index is -0.313. The summed E-state index contributed by atoms with van der Waals surface area (Å²) in [6, 6.07) is 9.55. The Balaban J connectivity index is 1.37. The van der Waals surface area contributed by atoms with E-state index in [4.69, 9.17) is 4.42 Å². The number of nitrogens with zero attached hydrogens (tertiary/aromatic N) is 4. The number of benzene rings is 1. The molecular weight excluding hydrogens is 361 g/mol. The Kier molecular flexibility index (Phi) is 4.76. The number of carbonyl (C=O) groups excluding carboxylic acids is 1. The van der Waals surface area contributed by atoms with Gasteiger partial charge in [0, 0.05) is 36.5 Å². The number of halogens is 1. The summed E-state index contributed by atoms with van der Waals surface area (Å²) < 4.78 is 21.4. The van der Waals surface area contributed by atoms with Crippen molar-refractivity contribution in [2.75, 3.05) is 6.54 Å². The number of carbonyl (C=O) groups is 1. The van der Waals surface area contributed by atoms with E-state index in [1.807, 2.05) is 12.3 Å². The van der Waals surface area contributed by atoms with Crippen molar-refractivity contribution in [2.45, 2.75) is 6.54 Å². The first kappa shape index (κ1) is 17.7. The Morgan fingerprint density at radius 3 is 2.75 bits per heavy atom. The van der Waals surface area contributed by atoms with Crippen LogP contribution in [0.15, 0.2) is 65.7 Å². The first-order chi connectivity index (χ1) is 13.6. The fraction of sp³-hybridized carbons (Fsp3) is 0.150. The van der Waals surface area contributed by atoms with E-state index in [9.17, 15) is 9.18 Å². The van der Waals surface area contributed by atoms with Gasteiger partial charge in [-0.05, 0) is 36.4 Å². The summed E-state index contributed by atoms with van der Waals surface area (Å²) in [6.45, 7) is 0.953. The summed E-state index contributed by atoms with van der Waals surface area (Å²) in [7, 11) is 1.70. The molecule has 0 bridgehead atoms. The molecule has 1 amide bonds. The SMILES string of the molecule is Cn1nc(-c2ccc(F)cc2)cc1C(=O)NCCn1cc(-c2ccoc2)cn1. The van der Waals surface area contributed by atoms with Crippen molar-refractivity contribution in [2.24, 2.45) is 7.05 Å². The quantitative estimate of drug-likeness (QED) is 0.558. The lowest BCUT2D eigenvalue weighted by Gasteiger charge is -2.05. The van der Waals surface area contributed by atoms with Crippen molar-refractivity contribution in [1.82, 2.24) is 24.9 Å². The summed E-state index contributed by atoms with van der Waals surface area (Å²) in [4.78, 5) is 12.5. The third-order valence-electron chi connectivity index (χ3n) is 4.37. The average molecular weight is 379 g/mol. The predicted molar refractivity (Wildman–Crippen MR) is 101 cm³/mol. The normalized spacial score (nSPS) is 10.9. The zero-order valence-electron chi connectivity index (χ0n) is 15.2. The minimum Gasteiger partial charge on any atom is -0.472 e. The minimum absolute atomic E-state index is 0.231. The maximum Gasteiger partial charge on any atom is 0.269 e. The fourth-order valence-electron chi connectivity index (χ4n) is 2.88. The summed E-state index contributed by atoms with van der Waals surface area (Å²) in [6.07, 6.45) is 6.92. The van der Waals surface area contributed by atoms with Crippen LogP contribution >= 0.6 is 0 Å². The number of aryl methyl sites for hydroxylation is 1. The smallest absolute Gasteiger partial charge is 0.269 e. The maximum absolute atomic E-state index is 13.1. The first-order valence-electron chi connectivity index (χ1n) is 8.73. The lowest BCUT2D eigenvalue weighted by Crippen LogP contribution is -2.29. The topological polar surface area (TPSA) is 77.9 Å². The number of furan rings is 1. The molecule has 1 aromatic carbocycles. The Hall–Kier alpha value is -3.68. The molecule has 4 aromatic rings. The van der Waals surface area contributed by atoms with Gasteiger partial charge in [0.05, 0.1) is 31.0 Å². The molecule has 0 saturated heterocycles. The molecular formula is C20H18FN5O2. The molecule has 28 heavy (non-hydrogen) atoms. The van der Waals surface area contributed by atoms with E-state index < -0.39 is 0 Å². The molecule has 0 fully saturated rings. The second-order valence-electron chi connectivity index (χ2n) is 6.31. The highest BCUT2D eigenvalue weighted by atomic mass is 19.1. The van der Waals surface area contributed by atoms with E-state index in [-0.39, 0.29) is 11.7 Å². The van der Waals surface area contributed by atoms with Gasteiger partial charge in [0.2, 0.25) is 0 Å². The molecule has 0 atom stereocenters. The molecule has 142 valence electrons. The van der Waals surface area contributed by atoms with E-state index in [0.29, 0.717) is 24.5 Å². The van der Waals surface area contributed by atoms with Crippen LogP contribution in [0.2, 0.25) is 0 Å². The van der Waals surface area contributed by atoms with Gasteiger partial charge in [-0.1, -0.05) is 0 Å². The third kappa shape index (κ3) is 3.71. The Bertz CT molecular complexity index is 1080. The monoisotopic (exact) mass is 379 g/mol. The number of hydrogen-bond donors (Lipinski definition) is 1. The molecule has 0 radical (unpaired) electrons. The van der Waals surface area contributed by atoms with E-state index in [2.05, 4.69) is 15.5 Å². The zero-order chi connectivity index (χ0) is 19.5. The van der Waals surface area contributed by atoms with Crippen LogP contribution in [0.4, 0.5) is 4.39 Å². The van der Waals surface area contributed by atoms with E-state index in [0.717, 1.165) is 16.7 Å². The van der Waals surface area contributed by atoms with Crippen molar-refractivity contribution < 1.29 is 13.6 Å². The van der Waals surface area contributed by atoms with Crippen molar-refractivity contribution >= 4 is 5.91 Å². The number of amides is 1. The molecule has 7 nitrogen and oxygen atoms in total. The molecule has 0 spiro atoms. The van der Waals surface area contributed by atoms with Crippen molar-refractivity contribution in [3.05, 3.63) is 72.8 Å². The van der Waals surface area contributed by atoms with Crippen LogP contribution < -0.4 is 5.32 Å². The van der Waals surface area contributed by atoms with Crippen LogP contribution in [0.1, 0.15) is 10.5 Å². The van der Waals surface area contributed by atoms with E-state index in [1.54, 1.807) is 48.7 Å². The van der Waals surface area contributed by atoms with Crippen molar-refractivity contribution in [3.63, 3.8) is 0 Å². The highest BCUT2D eigenvalue weighted by Crippen LogP contribution is 2.20. The van der Waals surface area contributed by atoms with Gasteiger partial charge in [-0.2, -0.15) is 10.2 Å². The number of hydrogen-bond acceptors (Lipinski definition) is 4. The van der Waals surface area contributed by atoms with Crippen LogP contribution in [0.3, 0.4) is 0 Å². The highest BCUT2D eigenvalue weighted by molar-refractivity contribution is 5.93. The van der Waals surface area contributed by atoms with Crippen LogP contribution in [0.5, 0.6) is 0 Å². The van der Waals surface area contributed by atoms with Gasteiger partial charge in [-0.15, -0.1) is 0 Å². The number of rotatable bonds is 6. The summed E-state index contributed by atoms with van der Waals surface area (Å²) in [5, 5.41) is 11.5. The molecule has 0 aliphatic heterocycles. The van der Waals surface area contributed by atoms with Gasteiger partial charge in [-0.25, -0.2) is 4.39 Å². The van der Waals surface area contributed by atoms with Gasteiger partial charge in [0.25, 0.3) is 5.91 Å². The van der Waals surface area contributed by atoms with Crippen LogP contribution in [0, 0.1) is 5.82 Å². The second-order valence-corrected chi connectivity index (χ2v) is 6.31. The first-order valence-corrected chi connectivity index (χ1v) is 8.73. The van der Waals surface area contributed by atoms with Gasteiger partial charge < -0.3 is 9.73 Å². The van der Waals surface area contributed by atoms with Gasteiger partial charge in [0.1, 0.15) is 11.5 Å². The average Bonchev–Trinajstić information content (AvgIpc) is 3.42. The maximum atomic E-state index is 13.1. The molecule has 4 rings (SSSR count). The molecule has 3 heterocycles. The Morgan fingerprint density at radius 1 is 1.18 bits per heavy atom. The van der Waals surface area contributed by atoms with E-state index >= 15 is 0 Å². The molecule has 3 aromatic heterocycles. The zero-order valence-corrected chi connectivity index (χ0v) is 15.2. The molecule has 0 unspecified atom stereocenters. The molecule has 1 N–H and O–H groups in total. The second kappa shape index (κ2) is 7.51. The van der Waals surface area contributed by atoms with Crippen LogP contribution in [-0.4, -0.2) is 32.0 Å². The summed E-state index contributed by atoms with van der Waals surface area (Å²) in [5.41, 5.74) is 3.71. The molecule has 0 aliphatic rings.